The molecular formula is C19H27N7S. The van der Waals surface area contributed by atoms with Gasteiger partial charge in [0.2, 0.25) is 0 Å². The largest absolute Gasteiger partial charge is 0.356 e. The predicted octanol–water partition coefficient (Wildman–Crippen LogP) is 2.61. The molecule has 27 heavy (non-hydrogen) atoms. The van der Waals surface area contributed by atoms with Crippen molar-refractivity contribution in [2.75, 3.05) is 60.2 Å². The molecule has 2 aromatic heterocycles. The molecule has 4 rings (SSSR count). The Labute approximate surface area is 165 Å². The highest BCUT2D eigenvalue weighted by atomic mass is 32.2. The zero-order valence-electron chi connectivity index (χ0n) is 16.1. The van der Waals surface area contributed by atoms with Gasteiger partial charge < -0.3 is 14.7 Å². The van der Waals surface area contributed by atoms with Gasteiger partial charge in [-0.25, -0.2) is 19.9 Å². The van der Waals surface area contributed by atoms with Gasteiger partial charge in [0.1, 0.15) is 23.3 Å². The molecule has 0 bridgehead atoms. The maximum absolute atomic E-state index is 4.72. The molecular weight excluding hydrogens is 358 g/mol. The first-order valence-electron chi connectivity index (χ1n) is 9.70. The normalized spacial score (nSPS) is 18.1. The summed E-state index contributed by atoms with van der Waals surface area (Å²) in [4.78, 5) is 25.4. The Hall–Kier alpha value is -2.09. The van der Waals surface area contributed by atoms with E-state index in [9.17, 15) is 0 Å². The second kappa shape index (κ2) is 8.29. The number of anilines is 3. The molecule has 4 heterocycles. The molecule has 0 unspecified atom stereocenters. The maximum atomic E-state index is 4.72. The fourth-order valence-electron chi connectivity index (χ4n) is 3.75. The van der Waals surface area contributed by atoms with Crippen LogP contribution >= 0.6 is 11.8 Å². The lowest BCUT2D eigenvalue weighted by Gasteiger charge is -2.36. The molecule has 0 saturated carbocycles. The third kappa shape index (κ3) is 4.26. The summed E-state index contributed by atoms with van der Waals surface area (Å²) < 4.78 is 0. The van der Waals surface area contributed by atoms with Gasteiger partial charge >= 0.3 is 0 Å². The molecule has 2 fully saturated rings. The fraction of sp³-hybridized carbons (Fsp3) is 0.579. The van der Waals surface area contributed by atoms with Crippen LogP contribution in [0.15, 0.2) is 23.5 Å². The first-order chi connectivity index (χ1) is 13.2. The van der Waals surface area contributed by atoms with E-state index in [1.165, 1.54) is 19.3 Å². The predicted molar refractivity (Wildman–Crippen MR) is 111 cm³/mol. The third-order valence-corrected chi connectivity index (χ3v) is 5.78. The lowest BCUT2D eigenvalue weighted by molar-refractivity contribution is 0.572. The Morgan fingerprint density at radius 2 is 1.37 bits per heavy atom. The zero-order chi connectivity index (χ0) is 18.6. The molecule has 2 aliphatic rings. The van der Waals surface area contributed by atoms with Gasteiger partial charge in [0.25, 0.3) is 0 Å². The van der Waals surface area contributed by atoms with Crippen molar-refractivity contribution in [2.24, 2.45) is 0 Å². The highest BCUT2D eigenvalue weighted by Crippen LogP contribution is 2.24. The molecule has 0 spiro atoms. The lowest BCUT2D eigenvalue weighted by atomic mass is 10.1. The van der Waals surface area contributed by atoms with Crippen LogP contribution in [0.2, 0.25) is 0 Å². The van der Waals surface area contributed by atoms with E-state index in [1.807, 2.05) is 25.4 Å². The molecule has 0 radical (unpaired) electrons. The first-order valence-corrected chi connectivity index (χ1v) is 10.9. The van der Waals surface area contributed by atoms with Crippen LogP contribution in [-0.4, -0.2) is 65.5 Å². The maximum Gasteiger partial charge on any atom is 0.189 e. The van der Waals surface area contributed by atoms with Crippen LogP contribution in [0.3, 0.4) is 0 Å². The average molecular weight is 386 g/mol. The minimum absolute atomic E-state index is 0.826. The van der Waals surface area contributed by atoms with Crippen LogP contribution < -0.4 is 14.7 Å². The molecule has 0 aromatic carbocycles. The average Bonchev–Trinajstić information content (AvgIpc) is 2.74. The molecule has 0 N–H and O–H groups in total. The van der Waals surface area contributed by atoms with Gasteiger partial charge in [-0.2, -0.15) is 0 Å². The number of piperidine rings is 1. The summed E-state index contributed by atoms with van der Waals surface area (Å²) in [5.74, 6) is 4.01. The number of thioether (sulfide) groups is 1. The number of hydrogen-bond acceptors (Lipinski definition) is 8. The standard InChI is InChI=1S/C19H27N7S/c1-15-21-17(24-8-4-3-5-9-24)14-18(22-15)26-12-10-25(11-13-26)16-6-7-20-19(23-16)27-2/h6-7,14H,3-5,8-13H2,1-2H3. The molecule has 2 aromatic rings. The van der Waals surface area contributed by atoms with E-state index in [-0.39, 0.29) is 0 Å². The number of piperazine rings is 1. The highest BCUT2D eigenvalue weighted by Gasteiger charge is 2.21. The number of nitrogens with zero attached hydrogens (tertiary/aromatic N) is 7. The van der Waals surface area contributed by atoms with Crippen molar-refractivity contribution in [3.8, 4) is 0 Å². The molecule has 7 nitrogen and oxygen atoms in total. The van der Waals surface area contributed by atoms with E-state index in [2.05, 4.69) is 30.7 Å². The van der Waals surface area contributed by atoms with Gasteiger partial charge in [-0.1, -0.05) is 11.8 Å². The van der Waals surface area contributed by atoms with Crippen molar-refractivity contribution in [3.63, 3.8) is 0 Å². The molecule has 0 atom stereocenters. The molecule has 2 aliphatic heterocycles. The van der Waals surface area contributed by atoms with E-state index < -0.39 is 0 Å². The number of aryl methyl sites for hydroxylation is 1. The monoisotopic (exact) mass is 385 g/mol. The summed E-state index contributed by atoms with van der Waals surface area (Å²) in [5.41, 5.74) is 0. The smallest absolute Gasteiger partial charge is 0.189 e. The number of rotatable bonds is 4. The van der Waals surface area contributed by atoms with Gasteiger partial charge in [-0.05, 0) is 38.5 Å². The minimum Gasteiger partial charge on any atom is -0.356 e. The Bertz CT molecular complexity index is 770. The number of aromatic nitrogens is 4. The van der Waals surface area contributed by atoms with Crippen molar-refractivity contribution in [1.29, 1.82) is 0 Å². The third-order valence-electron chi connectivity index (χ3n) is 5.22. The summed E-state index contributed by atoms with van der Waals surface area (Å²) in [7, 11) is 0. The quantitative estimate of drug-likeness (QED) is 0.588. The Kier molecular flexibility index (Phi) is 5.61. The van der Waals surface area contributed by atoms with Crippen LogP contribution in [0.1, 0.15) is 25.1 Å². The molecule has 2 saturated heterocycles. The van der Waals surface area contributed by atoms with E-state index in [1.54, 1.807) is 11.8 Å². The molecule has 0 amide bonds. The minimum atomic E-state index is 0.826. The summed E-state index contributed by atoms with van der Waals surface area (Å²) in [6, 6.07) is 4.17. The Balaban J connectivity index is 1.45. The van der Waals surface area contributed by atoms with E-state index in [4.69, 9.17) is 9.97 Å². The van der Waals surface area contributed by atoms with Crippen molar-refractivity contribution >= 4 is 29.2 Å². The van der Waals surface area contributed by atoms with Crippen LogP contribution in [0.5, 0.6) is 0 Å². The molecule has 8 heteroatoms. The summed E-state index contributed by atoms with van der Waals surface area (Å²) in [6.45, 7) is 7.96. The van der Waals surface area contributed by atoms with Gasteiger partial charge in [-0.3, -0.25) is 0 Å². The summed E-state index contributed by atoms with van der Waals surface area (Å²) >= 11 is 1.58. The van der Waals surface area contributed by atoms with Gasteiger partial charge in [0, 0.05) is 51.5 Å². The molecule has 144 valence electrons. The van der Waals surface area contributed by atoms with Crippen molar-refractivity contribution in [2.45, 2.75) is 31.3 Å². The zero-order valence-corrected chi connectivity index (χ0v) is 17.0. The fourth-order valence-corrected chi connectivity index (χ4v) is 4.11. The van der Waals surface area contributed by atoms with Gasteiger partial charge in [0.15, 0.2) is 5.16 Å². The Morgan fingerprint density at radius 3 is 2.00 bits per heavy atom. The second-order valence-electron chi connectivity index (χ2n) is 7.05. The summed E-state index contributed by atoms with van der Waals surface area (Å²) in [5, 5.41) is 0.826. The van der Waals surface area contributed by atoms with Crippen molar-refractivity contribution in [3.05, 3.63) is 24.2 Å². The van der Waals surface area contributed by atoms with E-state index in [0.29, 0.717) is 0 Å². The van der Waals surface area contributed by atoms with Gasteiger partial charge in [-0.15, -0.1) is 0 Å². The van der Waals surface area contributed by atoms with Crippen molar-refractivity contribution < 1.29 is 0 Å². The van der Waals surface area contributed by atoms with Crippen LogP contribution in [0, 0.1) is 6.92 Å². The first kappa shape index (κ1) is 18.3. The number of hydrogen-bond donors (Lipinski definition) is 0. The summed E-state index contributed by atoms with van der Waals surface area (Å²) in [6.07, 6.45) is 7.70. The van der Waals surface area contributed by atoms with Crippen LogP contribution in [-0.2, 0) is 0 Å². The van der Waals surface area contributed by atoms with Crippen molar-refractivity contribution in [1.82, 2.24) is 19.9 Å². The second-order valence-corrected chi connectivity index (χ2v) is 7.83. The van der Waals surface area contributed by atoms with Crippen LogP contribution in [0.4, 0.5) is 17.5 Å². The molecule has 0 aliphatic carbocycles. The van der Waals surface area contributed by atoms with E-state index in [0.717, 1.165) is 67.7 Å². The van der Waals surface area contributed by atoms with Crippen LogP contribution in [0.25, 0.3) is 0 Å². The SMILES string of the molecule is CSc1nccc(N2CCN(c3cc(N4CCCCC4)nc(C)n3)CC2)n1. The lowest BCUT2D eigenvalue weighted by Crippen LogP contribution is -2.47. The Morgan fingerprint density at radius 1 is 0.778 bits per heavy atom. The van der Waals surface area contributed by atoms with E-state index >= 15 is 0 Å². The topological polar surface area (TPSA) is 61.3 Å². The highest BCUT2D eigenvalue weighted by molar-refractivity contribution is 7.98. The van der Waals surface area contributed by atoms with Gasteiger partial charge in [0.05, 0.1) is 0 Å².